The lowest BCUT2D eigenvalue weighted by molar-refractivity contribution is 0.117. The summed E-state index contributed by atoms with van der Waals surface area (Å²) in [4.78, 5) is 11.5. The van der Waals surface area contributed by atoms with Crippen molar-refractivity contribution in [3.8, 4) is 0 Å². The largest absolute Gasteiger partial charge is 0.362 e. The highest BCUT2D eigenvalue weighted by Crippen LogP contribution is 1.94. The van der Waals surface area contributed by atoms with E-state index >= 15 is 0 Å². The average Bonchev–Trinajstić information content (AvgIpc) is 2.46. The quantitative estimate of drug-likeness (QED) is 0.657. The molecule has 5 nitrogen and oxygen atoms in total. The number of fused-ring (bicyclic) bond motifs is 1. The molecule has 0 fully saturated rings. The fourth-order valence-electron chi connectivity index (χ4n) is 1.17. The van der Waals surface area contributed by atoms with Crippen LogP contribution >= 0.6 is 0 Å². The van der Waals surface area contributed by atoms with Crippen LogP contribution in [0, 0.1) is 0 Å². The van der Waals surface area contributed by atoms with Crippen molar-refractivity contribution in [1.29, 1.82) is 0 Å². The summed E-state index contributed by atoms with van der Waals surface area (Å²) < 4.78 is 7.57. The summed E-state index contributed by atoms with van der Waals surface area (Å²) in [5.74, 6) is 0. The van der Waals surface area contributed by atoms with Gasteiger partial charge in [0.25, 0.3) is 0 Å². The number of aromatic nitrogens is 3. The van der Waals surface area contributed by atoms with Crippen LogP contribution in [0.2, 0.25) is 0 Å². The third kappa shape index (κ3) is 1.23. The SMILES string of the molecule is COCn1nc2ccccn2c1=O. The molecule has 0 atom stereocenters. The van der Waals surface area contributed by atoms with E-state index in [0.717, 1.165) is 0 Å². The van der Waals surface area contributed by atoms with Gasteiger partial charge < -0.3 is 4.74 Å². The molecule has 0 N–H and O–H groups in total. The van der Waals surface area contributed by atoms with E-state index in [0.29, 0.717) is 5.65 Å². The molecule has 0 amide bonds. The maximum Gasteiger partial charge on any atom is 0.352 e. The first-order chi connectivity index (χ1) is 6.33. The minimum Gasteiger partial charge on any atom is -0.362 e. The third-order valence-electron chi connectivity index (χ3n) is 1.74. The minimum absolute atomic E-state index is 0.181. The van der Waals surface area contributed by atoms with Gasteiger partial charge in [0.2, 0.25) is 0 Å². The summed E-state index contributed by atoms with van der Waals surface area (Å²) in [5.41, 5.74) is 0.446. The molecule has 2 aromatic heterocycles. The Hall–Kier alpha value is -1.62. The summed E-state index contributed by atoms with van der Waals surface area (Å²) in [5, 5.41) is 4.04. The van der Waals surface area contributed by atoms with Crippen LogP contribution in [0.3, 0.4) is 0 Å². The summed E-state index contributed by atoms with van der Waals surface area (Å²) in [6.45, 7) is 0.181. The number of hydrogen-bond donors (Lipinski definition) is 0. The number of nitrogens with zero attached hydrogens (tertiary/aromatic N) is 3. The summed E-state index contributed by atoms with van der Waals surface area (Å²) in [7, 11) is 1.52. The second-order valence-electron chi connectivity index (χ2n) is 2.63. The van der Waals surface area contributed by atoms with Crippen molar-refractivity contribution in [3.63, 3.8) is 0 Å². The number of pyridine rings is 1. The van der Waals surface area contributed by atoms with Crippen molar-refractivity contribution in [1.82, 2.24) is 14.2 Å². The van der Waals surface area contributed by atoms with Crippen LogP contribution in [0.5, 0.6) is 0 Å². The van der Waals surface area contributed by atoms with Gasteiger partial charge in [0.15, 0.2) is 5.65 Å². The zero-order chi connectivity index (χ0) is 9.26. The van der Waals surface area contributed by atoms with Crippen LogP contribution < -0.4 is 5.69 Å². The normalized spacial score (nSPS) is 10.8. The minimum atomic E-state index is -0.183. The van der Waals surface area contributed by atoms with E-state index in [1.165, 1.54) is 16.2 Å². The Morgan fingerprint density at radius 3 is 3.08 bits per heavy atom. The molecule has 0 aliphatic rings. The van der Waals surface area contributed by atoms with Crippen LogP contribution in [0.25, 0.3) is 5.65 Å². The van der Waals surface area contributed by atoms with Crippen LogP contribution in [0.4, 0.5) is 0 Å². The van der Waals surface area contributed by atoms with Gasteiger partial charge in [0.1, 0.15) is 6.73 Å². The second kappa shape index (κ2) is 3.02. The fourth-order valence-corrected chi connectivity index (χ4v) is 1.17. The van der Waals surface area contributed by atoms with Crippen molar-refractivity contribution >= 4 is 5.65 Å². The average molecular weight is 179 g/mol. The third-order valence-corrected chi connectivity index (χ3v) is 1.74. The number of rotatable bonds is 2. The molecule has 68 valence electrons. The van der Waals surface area contributed by atoms with Crippen LogP contribution in [0.15, 0.2) is 29.2 Å². The van der Waals surface area contributed by atoms with E-state index in [9.17, 15) is 4.79 Å². The van der Waals surface area contributed by atoms with Gasteiger partial charge in [-0.05, 0) is 12.1 Å². The molecule has 0 aromatic carbocycles. The number of methoxy groups -OCH3 is 1. The lowest BCUT2D eigenvalue weighted by Gasteiger charge is -1.92. The van der Waals surface area contributed by atoms with Gasteiger partial charge in [-0.2, -0.15) is 4.68 Å². The maximum absolute atomic E-state index is 11.5. The predicted molar refractivity (Wildman–Crippen MR) is 46.5 cm³/mol. The molecule has 0 saturated heterocycles. The Morgan fingerprint density at radius 1 is 1.54 bits per heavy atom. The van der Waals surface area contributed by atoms with Crippen molar-refractivity contribution in [2.45, 2.75) is 6.73 Å². The van der Waals surface area contributed by atoms with E-state index in [-0.39, 0.29) is 12.4 Å². The second-order valence-corrected chi connectivity index (χ2v) is 2.63. The smallest absolute Gasteiger partial charge is 0.352 e. The molecular formula is C8H9N3O2. The summed E-state index contributed by atoms with van der Waals surface area (Å²) in [6.07, 6.45) is 1.68. The Labute approximate surface area is 74.2 Å². The molecule has 0 saturated carbocycles. The van der Waals surface area contributed by atoms with Crippen molar-refractivity contribution < 1.29 is 4.74 Å². The standard InChI is InChI=1S/C8H9N3O2/c1-13-6-11-8(12)10-5-3-2-4-7(10)9-11/h2-5H,6H2,1H3. The fraction of sp³-hybridized carbons (Fsp3) is 0.250. The van der Waals surface area contributed by atoms with Gasteiger partial charge in [-0.3, -0.25) is 4.40 Å². The summed E-state index contributed by atoms with van der Waals surface area (Å²) >= 11 is 0. The molecule has 0 radical (unpaired) electrons. The van der Waals surface area contributed by atoms with Crippen molar-refractivity contribution in [3.05, 3.63) is 34.9 Å². The van der Waals surface area contributed by atoms with Gasteiger partial charge in [-0.15, -0.1) is 5.10 Å². The van der Waals surface area contributed by atoms with Gasteiger partial charge in [-0.25, -0.2) is 4.79 Å². The molecule has 0 bridgehead atoms. The van der Waals surface area contributed by atoms with Gasteiger partial charge >= 0.3 is 5.69 Å². The molecule has 2 heterocycles. The Kier molecular flexibility index (Phi) is 1.86. The zero-order valence-corrected chi connectivity index (χ0v) is 7.17. The maximum atomic E-state index is 11.5. The Morgan fingerprint density at radius 2 is 2.38 bits per heavy atom. The zero-order valence-electron chi connectivity index (χ0n) is 7.17. The molecule has 13 heavy (non-hydrogen) atoms. The van der Waals surface area contributed by atoms with E-state index < -0.39 is 0 Å². The highest BCUT2D eigenvalue weighted by Gasteiger charge is 2.03. The van der Waals surface area contributed by atoms with Crippen LogP contribution in [-0.2, 0) is 11.5 Å². The lowest BCUT2D eigenvalue weighted by Crippen LogP contribution is -2.21. The van der Waals surface area contributed by atoms with E-state index in [1.54, 1.807) is 18.3 Å². The van der Waals surface area contributed by atoms with Gasteiger partial charge in [-0.1, -0.05) is 6.07 Å². The van der Waals surface area contributed by atoms with Gasteiger partial charge in [0, 0.05) is 13.3 Å². The summed E-state index contributed by atoms with van der Waals surface area (Å²) in [6, 6.07) is 5.39. The molecule has 0 unspecified atom stereocenters. The number of ether oxygens (including phenoxy) is 1. The molecule has 0 aliphatic heterocycles. The molecule has 2 rings (SSSR count). The van der Waals surface area contributed by atoms with Crippen LogP contribution in [-0.4, -0.2) is 21.3 Å². The topological polar surface area (TPSA) is 48.5 Å². The van der Waals surface area contributed by atoms with Gasteiger partial charge in [0.05, 0.1) is 0 Å². The van der Waals surface area contributed by atoms with Crippen molar-refractivity contribution in [2.75, 3.05) is 7.11 Å². The first-order valence-electron chi connectivity index (χ1n) is 3.86. The lowest BCUT2D eigenvalue weighted by atomic mass is 10.5. The highest BCUT2D eigenvalue weighted by atomic mass is 16.5. The Balaban J connectivity index is 2.67. The van der Waals surface area contributed by atoms with E-state index in [1.807, 2.05) is 6.07 Å². The molecule has 0 aliphatic carbocycles. The molecular weight excluding hydrogens is 170 g/mol. The van der Waals surface area contributed by atoms with Crippen molar-refractivity contribution in [2.24, 2.45) is 0 Å². The number of hydrogen-bond acceptors (Lipinski definition) is 3. The molecule has 0 spiro atoms. The Bertz CT molecular complexity index is 471. The highest BCUT2D eigenvalue weighted by molar-refractivity contribution is 5.35. The first kappa shape index (κ1) is 8.00. The van der Waals surface area contributed by atoms with E-state index in [2.05, 4.69) is 5.10 Å². The molecule has 2 aromatic rings. The monoisotopic (exact) mass is 179 g/mol. The van der Waals surface area contributed by atoms with Crippen LogP contribution in [0.1, 0.15) is 0 Å². The van der Waals surface area contributed by atoms with E-state index in [4.69, 9.17) is 4.74 Å². The predicted octanol–water partition coefficient (Wildman–Crippen LogP) is 0.0999. The molecule has 5 heteroatoms. The first-order valence-corrected chi connectivity index (χ1v) is 3.86.